The van der Waals surface area contributed by atoms with Gasteiger partial charge in [0.25, 0.3) is 0 Å². The molecule has 0 amide bonds. The Morgan fingerprint density at radius 1 is 1.09 bits per heavy atom. The molecule has 118 valence electrons. The highest BCUT2D eigenvalue weighted by atomic mass is 32.2. The van der Waals surface area contributed by atoms with E-state index in [2.05, 4.69) is 40.6 Å². The monoisotopic (exact) mass is 336 g/mol. The van der Waals surface area contributed by atoms with Crippen molar-refractivity contribution in [1.82, 2.24) is 0 Å². The molecular weight excluding hydrogens is 316 g/mol. The van der Waals surface area contributed by atoms with E-state index < -0.39 is 10.0 Å². The zero-order valence-corrected chi connectivity index (χ0v) is 14.5. The van der Waals surface area contributed by atoms with Crippen molar-refractivity contribution in [1.29, 1.82) is 0 Å². The van der Waals surface area contributed by atoms with Gasteiger partial charge in [0.2, 0.25) is 10.0 Å². The summed E-state index contributed by atoms with van der Waals surface area (Å²) in [6.07, 6.45) is 3.20. The molecule has 0 saturated carbocycles. The van der Waals surface area contributed by atoms with E-state index in [-0.39, 0.29) is 0 Å². The smallest absolute Gasteiger partial charge is 0.229 e. The molecule has 0 heterocycles. The average Bonchev–Trinajstić information content (AvgIpc) is 2.47. The van der Waals surface area contributed by atoms with Gasteiger partial charge in [0.05, 0.1) is 11.9 Å². The molecule has 4 nitrogen and oxygen atoms in total. The van der Waals surface area contributed by atoms with Crippen molar-refractivity contribution in [3.05, 3.63) is 53.6 Å². The standard InChI is InChI=1S/C16H20N2O2S2/c1-12-4-7-14(10-16(12)18-22(3,19)20)17-11-13-5-8-15(21-2)9-6-13/h4-10,17-18H,11H2,1-3H3. The Hall–Kier alpha value is -1.66. The van der Waals surface area contributed by atoms with Gasteiger partial charge in [-0.25, -0.2) is 8.42 Å². The molecular formula is C16H20N2O2S2. The van der Waals surface area contributed by atoms with Crippen LogP contribution in [0, 0.1) is 6.92 Å². The van der Waals surface area contributed by atoms with Gasteiger partial charge in [-0.15, -0.1) is 11.8 Å². The van der Waals surface area contributed by atoms with Crippen LogP contribution in [0.25, 0.3) is 0 Å². The number of benzene rings is 2. The highest BCUT2D eigenvalue weighted by Crippen LogP contribution is 2.22. The number of rotatable bonds is 6. The molecule has 22 heavy (non-hydrogen) atoms. The number of aryl methyl sites for hydroxylation is 1. The molecule has 0 bridgehead atoms. The van der Waals surface area contributed by atoms with E-state index in [9.17, 15) is 8.42 Å². The third-order valence-corrected chi connectivity index (χ3v) is 4.52. The molecule has 0 aliphatic heterocycles. The van der Waals surface area contributed by atoms with Crippen LogP contribution in [0.15, 0.2) is 47.4 Å². The van der Waals surface area contributed by atoms with Crippen LogP contribution in [0.5, 0.6) is 0 Å². The molecule has 0 atom stereocenters. The van der Waals surface area contributed by atoms with Gasteiger partial charge < -0.3 is 5.32 Å². The van der Waals surface area contributed by atoms with Crippen LogP contribution in [-0.4, -0.2) is 20.9 Å². The van der Waals surface area contributed by atoms with Crippen molar-refractivity contribution in [2.24, 2.45) is 0 Å². The maximum atomic E-state index is 11.4. The molecule has 0 unspecified atom stereocenters. The van der Waals surface area contributed by atoms with Gasteiger partial charge in [0.15, 0.2) is 0 Å². The molecule has 0 fully saturated rings. The Labute approximate surface area is 136 Å². The van der Waals surface area contributed by atoms with Crippen LogP contribution >= 0.6 is 11.8 Å². The highest BCUT2D eigenvalue weighted by Gasteiger charge is 2.06. The summed E-state index contributed by atoms with van der Waals surface area (Å²) in [5.41, 5.74) is 3.55. The van der Waals surface area contributed by atoms with Gasteiger partial charge in [-0.1, -0.05) is 18.2 Å². The molecule has 6 heteroatoms. The molecule has 2 N–H and O–H groups in total. The van der Waals surface area contributed by atoms with E-state index in [1.807, 2.05) is 25.1 Å². The number of hydrogen-bond acceptors (Lipinski definition) is 4. The second-order valence-corrected chi connectivity index (χ2v) is 7.73. The van der Waals surface area contributed by atoms with Crippen LogP contribution < -0.4 is 10.0 Å². The topological polar surface area (TPSA) is 58.2 Å². The van der Waals surface area contributed by atoms with Gasteiger partial charge >= 0.3 is 0 Å². The highest BCUT2D eigenvalue weighted by molar-refractivity contribution is 7.98. The minimum atomic E-state index is -3.27. The van der Waals surface area contributed by atoms with Crippen molar-refractivity contribution in [3.63, 3.8) is 0 Å². The van der Waals surface area contributed by atoms with Gasteiger partial charge in [-0.2, -0.15) is 0 Å². The lowest BCUT2D eigenvalue weighted by Crippen LogP contribution is -2.11. The molecule has 0 saturated heterocycles. The molecule has 0 aliphatic rings. The number of nitrogens with one attached hydrogen (secondary N) is 2. The summed E-state index contributed by atoms with van der Waals surface area (Å²) in [6, 6.07) is 14.0. The first-order valence-corrected chi connectivity index (χ1v) is 9.94. The van der Waals surface area contributed by atoms with E-state index in [1.165, 1.54) is 10.5 Å². The Morgan fingerprint density at radius 3 is 2.36 bits per heavy atom. The van der Waals surface area contributed by atoms with E-state index >= 15 is 0 Å². The van der Waals surface area contributed by atoms with Crippen molar-refractivity contribution >= 4 is 33.2 Å². The fourth-order valence-corrected chi connectivity index (χ4v) is 3.02. The molecule has 2 rings (SSSR count). The molecule has 0 aliphatic carbocycles. The van der Waals surface area contributed by atoms with Crippen LogP contribution in [0.2, 0.25) is 0 Å². The van der Waals surface area contributed by atoms with Gasteiger partial charge in [0.1, 0.15) is 0 Å². The summed E-state index contributed by atoms with van der Waals surface area (Å²) in [7, 11) is -3.27. The second kappa shape index (κ2) is 7.07. The Morgan fingerprint density at radius 2 is 1.77 bits per heavy atom. The quantitative estimate of drug-likeness (QED) is 0.790. The molecule has 2 aromatic rings. The predicted molar refractivity (Wildman–Crippen MR) is 95.2 cm³/mol. The zero-order chi connectivity index (χ0) is 16.2. The number of anilines is 2. The van der Waals surface area contributed by atoms with E-state index in [4.69, 9.17) is 0 Å². The largest absolute Gasteiger partial charge is 0.381 e. The first-order chi connectivity index (χ1) is 10.4. The maximum absolute atomic E-state index is 11.4. The van der Waals surface area contributed by atoms with Crippen LogP contribution in [0.1, 0.15) is 11.1 Å². The molecule has 0 radical (unpaired) electrons. The molecule has 0 aromatic heterocycles. The third-order valence-electron chi connectivity index (χ3n) is 3.19. The summed E-state index contributed by atoms with van der Waals surface area (Å²) in [5.74, 6) is 0. The van der Waals surface area contributed by atoms with E-state index in [1.54, 1.807) is 11.8 Å². The van der Waals surface area contributed by atoms with Crippen LogP contribution in [0.3, 0.4) is 0 Å². The first kappa shape index (κ1) is 16.7. The predicted octanol–water partition coefficient (Wildman–Crippen LogP) is 3.70. The van der Waals surface area contributed by atoms with E-state index in [0.29, 0.717) is 12.2 Å². The number of sulfonamides is 1. The number of hydrogen-bond donors (Lipinski definition) is 2. The van der Waals surface area contributed by atoms with Crippen molar-refractivity contribution in [2.45, 2.75) is 18.4 Å². The van der Waals surface area contributed by atoms with Gasteiger partial charge in [0, 0.05) is 17.1 Å². The van der Waals surface area contributed by atoms with Crippen LogP contribution in [0.4, 0.5) is 11.4 Å². The normalized spacial score (nSPS) is 11.2. The summed E-state index contributed by atoms with van der Waals surface area (Å²) in [4.78, 5) is 1.23. The summed E-state index contributed by atoms with van der Waals surface area (Å²) < 4.78 is 25.3. The Kier molecular flexibility index (Phi) is 5.37. The van der Waals surface area contributed by atoms with Crippen LogP contribution in [-0.2, 0) is 16.6 Å². The van der Waals surface area contributed by atoms with Crippen molar-refractivity contribution < 1.29 is 8.42 Å². The van der Waals surface area contributed by atoms with Crippen molar-refractivity contribution in [3.8, 4) is 0 Å². The minimum absolute atomic E-state index is 0.602. The summed E-state index contributed by atoms with van der Waals surface area (Å²) >= 11 is 1.72. The fourth-order valence-electron chi connectivity index (χ4n) is 1.99. The molecule has 2 aromatic carbocycles. The summed E-state index contributed by atoms with van der Waals surface area (Å²) in [5, 5.41) is 3.31. The minimum Gasteiger partial charge on any atom is -0.381 e. The maximum Gasteiger partial charge on any atom is 0.229 e. The number of thioether (sulfide) groups is 1. The fraction of sp³-hybridized carbons (Fsp3) is 0.250. The van der Waals surface area contributed by atoms with Gasteiger partial charge in [-0.05, 0) is 48.6 Å². The lowest BCUT2D eigenvalue weighted by atomic mass is 10.1. The summed E-state index contributed by atoms with van der Waals surface area (Å²) in [6.45, 7) is 2.56. The zero-order valence-electron chi connectivity index (χ0n) is 12.9. The lowest BCUT2D eigenvalue weighted by Gasteiger charge is -2.12. The third kappa shape index (κ3) is 4.96. The van der Waals surface area contributed by atoms with Crippen molar-refractivity contribution in [2.75, 3.05) is 22.6 Å². The molecule has 0 spiro atoms. The average molecular weight is 336 g/mol. The lowest BCUT2D eigenvalue weighted by molar-refractivity contribution is 0.607. The Balaban J connectivity index is 2.07. The second-order valence-electron chi connectivity index (χ2n) is 5.11. The first-order valence-electron chi connectivity index (χ1n) is 6.82. The Bertz CT molecular complexity index is 741. The SMILES string of the molecule is CSc1ccc(CNc2ccc(C)c(NS(C)(=O)=O)c2)cc1. The van der Waals surface area contributed by atoms with E-state index in [0.717, 1.165) is 17.5 Å². The van der Waals surface area contributed by atoms with Gasteiger partial charge in [-0.3, -0.25) is 4.72 Å².